The highest BCUT2D eigenvalue weighted by atomic mass is 32.1. The van der Waals surface area contributed by atoms with Crippen molar-refractivity contribution in [2.45, 2.75) is 26.8 Å². The van der Waals surface area contributed by atoms with Crippen molar-refractivity contribution in [2.75, 3.05) is 7.05 Å². The van der Waals surface area contributed by atoms with Gasteiger partial charge in [-0.15, -0.1) is 0 Å². The largest absolute Gasteiger partial charge is 0.457 e. The van der Waals surface area contributed by atoms with Crippen LogP contribution < -0.4 is 10.1 Å². The Morgan fingerprint density at radius 1 is 1.12 bits per heavy atom. The minimum absolute atomic E-state index is 0.0365. The second-order valence-electron chi connectivity index (χ2n) is 6.48. The molecule has 4 nitrogen and oxygen atoms in total. The number of hydrogen-bond acceptors (Lipinski definition) is 3. The van der Waals surface area contributed by atoms with Gasteiger partial charge in [-0.05, 0) is 68.4 Å². The summed E-state index contributed by atoms with van der Waals surface area (Å²) < 4.78 is 5.90. The summed E-state index contributed by atoms with van der Waals surface area (Å²) in [4.78, 5) is 14.0. The third-order valence-electron chi connectivity index (χ3n) is 4.57. The zero-order valence-electron chi connectivity index (χ0n) is 15.4. The van der Waals surface area contributed by atoms with Gasteiger partial charge in [-0.3, -0.25) is 4.79 Å². The summed E-state index contributed by atoms with van der Waals surface area (Å²) >= 11 is 5.39. The zero-order valence-corrected chi connectivity index (χ0v) is 16.2. The van der Waals surface area contributed by atoms with E-state index in [-0.39, 0.29) is 11.8 Å². The third kappa shape index (κ3) is 3.63. The van der Waals surface area contributed by atoms with Gasteiger partial charge >= 0.3 is 0 Å². The standard InChI is InChI=1S/C21H22N2O2S/c1-13-6-5-7-18(12-13)25-17-10-8-16(9-11-17)20-19(15(3)24)14(2)23(4)21(26)22-20/h5-12,20H,1-4H3,(H,22,26). The van der Waals surface area contributed by atoms with Crippen LogP contribution in [0.1, 0.15) is 31.0 Å². The summed E-state index contributed by atoms with van der Waals surface area (Å²) in [5, 5.41) is 3.87. The van der Waals surface area contributed by atoms with E-state index in [1.54, 1.807) is 6.92 Å². The van der Waals surface area contributed by atoms with Crippen molar-refractivity contribution >= 4 is 23.1 Å². The second kappa shape index (κ2) is 7.30. The lowest BCUT2D eigenvalue weighted by molar-refractivity contribution is -0.114. The highest BCUT2D eigenvalue weighted by Gasteiger charge is 2.30. The van der Waals surface area contributed by atoms with E-state index in [0.717, 1.165) is 33.9 Å². The van der Waals surface area contributed by atoms with Gasteiger partial charge in [-0.2, -0.15) is 0 Å². The van der Waals surface area contributed by atoms with Crippen molar-refractivity contribution < 1.29 is 9.53 Å². The maximum atomic E-state index is 12.2. The van der Waals surface area contributed by atoms with Crippen LogP contribution in [0.4, 0.5) is 0 Å². The molecule has 134 valence electrons. The number of allylic oxidation sites excluding steroid dienone is 1. The summed E-state index contributed by atoms with van der Waals surface area (Å²) in [7, 11) is 1.86. The molecule has 0 aliphatic carbocycles. The van der Waals surface area contributed by atoms with Gasteiger partial charge in [0.15, 0.2) is 10.9 Å². The number of benzene rings is 2. The number of rotatable bonds is 4. The van der Waals surface area contributed by atoms with E-state index in [2.05, 4.69) is 5.32 Å². The van der Waals surface area contributed by atoms with Crippen molar-refractivity contribution in [3.05, 3.63) is 70.9 Å². The molecule has 0 bridgehead atoms. The first kappa shape index (κ1) is 18.1. The maximum absolute atomic E-state index is 12.2. The normalized spacial score (nSPS) is 17.2. The average Bonchev–Trinajstić information content (AvgIpc) is 2.59. The van der Waals surface area contributed by atoms with Gasteiger partial charge in [0.25, 0.3) is 0 Å². The number of carbonyl (C=O) groups excluding carboxylic acids is 1. The molecule has 1 aliphatic heterocycles. The van der Waals surface area contributed by atoms with Crippen LogP contribution in [0, 0.1) is 6.92 Å². The molecule has 2 aromatic rings. The van der Waals surface area contributed by atoms with E-state index in [9.17, 15) is 4.79 Å². The van der Waals surface area contributed by atoms with E-state index >= 15 is 0 Å². The summed E-state index contributed by atoms with van der Waals surface area (Å²) in [6.45, 7) is 5.54. The molecule has 0 spiro atoms. The van der Waals surface area contributed by atoms with Gasteiger partial charge in [-0.25, -0.2) is 0 Å². The maximum Gasteiger partial charge on any atom is 0.173 e. The Balaban J connectivity index is 1.87. The molecule has 0 saturated heterocycles. The Hall–Kier alpha value is -2.66. The highest BCUT2D eigenvalue weighted by molar-refractivity contribution is 7.80. The number of ether oxygens (including phenoxy) is 1. The molecule has 1 unspecified atom stereocenters. The fourth-order valence-electron chi connectivity index (χ4n) is 3.09. The lowest BCUT2D eigenvalue weighted by atomic mass is 9.92. The van der Waals surface area contributed by atoms with Crippen molar-refractivity contribution in [1.29, 1.82) is 0 Å². The Kier molecular flexibility index (Phi) is 5.09. The molecule has 1 N–H and O–H groups in total. The molecule has 1 atom stereocenters. The Labute approximate surface area is 159 Å². The first-order chi connectivity index (χ1) is 12.4. The molecule has 26 heavy (non-hydrogen) atoms. The van der Waals surface area contributed by atoms with Crippen molar-refractivity contribution in [3.8, 4) is 11.5 Å². The monoisotopic (exact) mass is 366 g/mol. The molecule has 1 aliphatic rings. The lowest BCUT2D eigenvalue weighted by Gasteiger charge is -2.35. The molecule has 0 amide bonds. The lowest BCUT2D eigenvalue weighted by Crippen LogP contribution is -2.45. The molecule has 0 fully saturated rings. The molecule has 0 radical (unpaired) electrons. The first-order valence-electron chi connectivity index (χ1n) is 8.47. The second-order valence-corrected chi connectivity index (χ2v) is 6.87. The summed E-state index contributed by atoms with van der Waals surface area (Å²) in [5.41, 5.74) is 3.73. The summed E-state index contributed by atoms with van der Waals surface area (Å²) in [6, 6.07) is 15.4. The molecule has 2 aromatic carbocycles. The molecule has 5 heteroatoms. The molecular weight excluding hydrogens is 344 g/mol. The van der Waals surface area contributed by atoms with Gasteiger partial charge in [0.2, 0.25) is 0 Å². The molecule has 3 rings (SSSR count). The number of thiocarbonyl (C=S) groups is 1. The third-order valence-corrected chi connectivity index (χ3v) is 4.96. The van der Waals surface area contributed by atoms with Crippen LogP contribution in [-0.4, -0.2) is 22.8 Å². The van der Waals surface area contributed by atoms with Gasteiger partial charge in [0.1, 0.15) is 11.5 Å². The fraction of sp³-hybridized carbons (Fsp3) is 0.238. The van der Waals surface area contributed by atoms with Crippen LogP contribution in [0.5, 0.6) is 11.5 Å². The number of hydrogen-bond donors (Lipinski definition) is 1. The van der Waals surface area contributed by atoms with E-state index in [1.807, 2.05) is 74.3 Å². The Morgan fingerprint density at radius 2 is 1.81 bits per heavy atom. The van der Waals surface area contributed by atoms with Crippen LogP contribution in [0.15, 0.2) is 59.8 Å². The number of nitrogens with zero attached hydrogens (tertiary/aromatic N) is 1. The van der Waals surface area contributed by atoms with Gasteiger partial charge in [0, 0.05) is 18.3 Å². The van der Waals surface area contributed by atoms with Crippen LogP contribution >= 0.6 is 12.2 Å². The van der Waals surface area contributed by atoms with Gasteiger partial charge in [-0.1, -0.05) is 24.3 Å². The van der Waals surface area contributed by atoms with E-state index in [1.165, 1.54) is 0 Å². The predicted molar refractivity (Wildman–Crippen MR) is 107 cm³/mol. The van der Waals surface area contributed by atoms with Crippen LogP contribution in [0.3, 0.4) is 0 Å². The Morgan fingerprint density at radius 3 is 2.42 bits per heavy atom. The van der Waals surface area contributed by atoms with E-state index < -0.39 is 0 Å². The number of carbonyl (C=O) groups is 1. The fourth-order valence-corrected chi connectivity index (χ4v) is 3.34. The smallest absolute Gasteiger partial charge is 0.173 e. The molecule has 1 heterocycles. The van der Waals surface area contributed by atoms with Crippen molar-refractivity contribution in [3.63, 3.8) is 0 Å². The minimum Gasteiger partial charge on any atom is -0.457 e. The minimum atomic E-state index is -0.246. The predicted octanol–water partition coefficient (Wildman–Crippen LogP) is 4.51. The number of ketones is 1. The van der Waals surface area contributed by atoms with E-state index in [4.69, 9.17) is 17.0 Å². The summed E-state index contributed by atoms with van der Waals surface area (Å²) in [5.74, 6) is 1.59. The summed E-state index contributed by atoms with van der Waals surface area (Å²) in [6.07, 6.45) is 0. The Bertz CT molecular complexity index is 887. The first-order valence-corrected chi connectivity index (χ1v) is 8.88. The quantitative estimate of drug-likeness (QED) is 0.806. The van der Waals surface area contributed by atoms with Crippen molar-refractivity contribution in [1.82, 2.24) is 10.2 Å². The number of aryl methyl sites for hydroxylation is 1. The van der Waals surface area contributed by atoms with Gasteiger partial charge in [0.05, 0.1) is 6.04 Å². The van der Waals surface area contributed by atoms with E-state index in [0.29, 0.717) is 5.11 Å². The van der Waals surface area contributed by atoms with Crippen LogP contribution in [0.2, 0.25) is 0 Å². The molecule has 0 aromatic heterocycles. The SMILES string of the molecule is CC(=O)C1=C(C)N(C)C(=S)NC1c1ccc(Oc2cccc(C)c2)cc1. The zero-order chi connectivity index (χ0) is 18.8. The number of Topliss-reactive ketones (excluding diaryl/α,β-unsaturated/α-hetero) is 1. The topological polar surface area (TPSA) is 41.6 Å². The van der Waals surface area contributed by atoms with Crippen LogP contribution in [-0.2, 0) is 4.79 Å². The number of nitrogens with one attached hydrogen (secondary N) is 1. The van der Waals surface area contributed by atoms with Gasteiger partial charge < -0.3 is 15.0 Å². The average molecular weight is 366 g/mol. The highest BCUT2D eigenvalue weighted by Crippen LogP contribution is 2.32. The molecule has 0 saturated carbocycles. The van der Waals surface area contributed by atoms with Crippen LogP contribution in [0.25, 0.3) is 0 Å². The molecular formula is C21H22N2O2S. The van der Waals surface area contributed by atoms with Crippen molar-refractivity contribution in [2.24, 2.45) is 0 Å².